The summed E-state index contributed by atoms with van der Waals surface area (Å²) in [6.45, 7) is 9.51. The number of nitrogens with one attached hydrogen (secondary N) is 1. The largest absolute Gasteiger partial charge is 0.312 e. The Hall–Kier alpha value is -0.120. The van der Waals surface area contributed by atoms with Crippen molar-refractivity contribution in [2.24, 2.45) is 11.8 Å². The van der Waals surface area contributed by atoms with Gasteiger partial charge in [-0.1, -0.05) is 26.7 Å². The fraction of sp³-hybridized carbons (Fsp3) is 1.00. The van der Waals surface area contributed by atoms with Crippen molar-refractivity contribution < 1.29 is 0 Å². The van der Waals surface area contributed by atoms with Gasteiger partial charge in [0, 0.05) is 18.6 Å². The normalized spacial score (nSPS) is 35.7. The molecule has 3 heteroatoms. The Balaban J connectivity index is 2.05. The molecule has 1 saturated carbocycles. The molecule has 1 saturated heterocycles. The van der Waals surface area contributed by atoms with Crippen LogP contribution in [-0.4, -0.2) is 62.2 Å². The summed E-state index contributed by atoms with van der Waals surface area (Å²) in [4.78, 5) is 5.15. The summed E-state index contributed by atoms with van der Waals surface area (Å²) in [6.07, 6.45) is 7.02. The average molecular weight is 281 g/mol. The van der Waals surface area contributed by atoms with Gasteiger partial charge in [-0.25, -0.2) is 0 Å². The van der Waals surface area contributed by atoms with Gasteiger partial charge in [-0.3, -0.25) is 0 Å². The molecular weight excluding hydrogens is 246 g/mol. The summed E-state index contributed by atoms with van der Waals surface area (Å²) in [5.41, 5.74) is 0. The maximum Gasteiger partial charge on any atom is 0.0376 e. The summed E-state index contributed by atoms with van der Waals surface area (Å²) in [5.74, 6) is 1.83. The van der Waals surface area contributed by atoms with E-state index in [-0.39, 0.29) is 0 Å². The van der Waals surface area contributed by atoms with Gasteiger partial charge >= 0.3 is 0 Å². The highest BCUT2D eigenvalue weighted by atomic mass is 15.2. The molecule has 2 aliphatic rings. The van der Waals surface area contributed by atoms with E-state index in [1.165, 1.54) is 51.7 Å². The Bertz CT molecular complexity index is 273. The van der Waals surface area contributed by atoms with Gasteiger partial charge in [-0.15, -0.1) is 0 Å². The van der Waals surface area contributed by atoms with Gasteiger partial charge < -0.3 is 15.1 Å². The van der Waals surface area contributed by atoms with Gasteiger partial charge in [0.15, 0.2) is 0 Å². The van der Waals surface area contributed by atoms with E-state index in [9.17, 15) is 0 Å². The zero-order valence-corrected chi connectivity index (χ0v) is 14.1. The molecular formula is C17H35N3. The Morgan fingerprint density at radius 2 is 1.80 bits per heavy atom. The van der Waals surface area contributed by atoms with E-state index in [1.54, 1.807) is 0 Å². The minimum absolute atomic E-state index is 0.679. The first-order valence-corrected chi connectivity index (χ1v) is 8.74. The van der Waals surface area contributed by atoms with Gasteiger partial charge in [0.1, 0.15) is 0 Å². The summed E-state index contributed by atoms with van der Waals surface area (Å²) in [6, 6.07) is 1.36. The first-order chi connectivity index (χ1) is 9.61. The molecule has 2 fully saturated rings. The summed E-state index contributed by atoms with van der Waals surface area (Å²) >= 11 is 0. The van der Waals surface area contributed by atoms with Crippen LogP contribution in [0.3, 0.4) is 0 Å². The highest BCUT2D eigenvalue weighted by molar-refractivity contribution is 4.93. The number of hydrogen-bond acceptors (Lipinski definition) is 3. The van der Waals surface area contributed by atoms with Crippen molar-refractivity contribution in [2.45, 2.75) is 58.0 Å². The van der Waals surface area contributed by atoms with E-state index < -0.39 is 0 Å². The van der Waals surface area contributed by atoms with Gasteiger partial charge in [0.25, 0.3) is 0 Å². The van der Waals surface area contributed by atoms with Gasteiger partial charge in [0.05, 0.1) is 0 Å². The van der Waals surface area contributed by atoms with Crippen LogP contribution in [0.2, 0.25) is 0 Å². The lowest BCUT2D eigenvalue weighted by atomic mass is 9.77. The molecule has 2 rings (SSSR count). The maximum atomic E-state index is 3.85. The van der Waals surface area contributed by atoms with E-state index in [4.69, 9.17) is 0 Å². The van der Waals surface area contributed by atoms with Crippen molar-refractivity contribution in [2.75, 3.05) is 40.3 Å². The van der Waals surface area contributed by atoms with Crippen molar-refractivity contribution >= 4 is 0 Å². The van der Waals surface area contributed by atoms with Crippen molar-refractivity contribution in [3.8, 4) is 0 Å². The lowest BCUT2D eigenvalue weighted by molar-refractivity contribution is 0.119. The summed E-state index contributed by atoms with van der Waals surface area (Å²) in [5, 5.41) is 3.85. The molecule has 3 nitrogen and oxygen atoms in total. The van der Waals surface area contributed by atoms with Crippen LogP contribution in [0, 0.1) is 11.8 Å². The molecule has 0 amide bonds. The monoisotopic (exact) mass is 281 g/mol. The summed E-state index contributed by atoms with van der Waals surface area (Å²) < 4.78 is 0. The van der Waals surface area contributed by atoms with Crippen LogP contribution in [0.5, 0.6) is 0 Å². The topological polar surface area (TPSA) is 18.5 Å². The second-order valence-corrected chi connectivity index (χ2v) is 7.27. The molecule has 2 atom stereocenters. The quantitative estimate of drug-likeness (QED) is 0.854. The number of likely N-dealkylation sites (N-methyl/N-ethyl adjacent to an activating group) is 3. The molecule has 118 valence electrons. The fourth-order valence-electron chi connectivity index (χ4n) is 4.19. The van der Waals surface area contributed by atoms with Crippen LogP contribution < -0.4 is 5.32 Å². The van der Waals surface area contributed by atoms with E-state index in [0.29, 0.717) is 12.1 Å². The minimum Gasteiger partial charge on any atom is -0.312 e. The molecule has 0 aromatic rings. The standard InChI is InChI=1S/C17H35N3/c1-5-18-17(15-9-7-14(2)8-10-15)16-13-19(3)11-6-12-20(16)4/h14-18H,5-13H2,1-4H3. The highest BCUT2D eigenvalue weighted by Gasteiger charge is 2.34. The molecule has 0 aromatic heterocycles. The third kappa shape index (κ3) is 4.19. The van der Waals surface area contributed by atoms with Crippen molar-refractivity contribution in [3.63, 3.8) is 0 Å². The Labute approximate surface area is 126 Å². The second kappa shape index (κ2) is 7.77. The van der Waals surface area contributed by atoms with E-state index in [2.05, 4.69) is 43.1 Å². The predicted molar refractivity (Wildman–Crippen MR) is 87.1 cm³/mol. The summed E-state index contributed by atoms with van der Waals surface area (Å²) in [7, 11) is 4.62. The fourth-order valence-corrected chi connectivity index (χ4v) is 4.19. The lowest BCUT2D eigenvalue weighted by Gasteiger charge is -2.41. The van der Waals surface area contributed by atoms with Gasteiger partial charge in [0.2, 0.25) is 0 Å². The first-order valence-electron chi connectivity index (χ1n) is 8.74. The van der Waals surface area contributed by atoms with E-state index >= 15 is 0 Å². The third-order valence-corrected chi connectivity index (χ3v) is 5.54. The minimum atomic E-state index is 0.679. The first kappa shape index (κ1) is 16.3. The van der Waals surface area contributed by atoms with Crippen LogP contribution in [0.4, 0.5) is 0 Å². The van der Waals surface area contributed by atoms with Crippen LogP contribution in [0.25, 0.3) is 0 Å². The van der Waals surface area contributed by atoms with Crippen molar-refractivity contribution in [1.29, 1.82) is 0 Å². The highest BCUT2D eigenvalue weighted by Crippen LogP contribution is 2.32. The number of nitrogens with zero attached hydrogens (tertiary/aromatic N) is 2. The zero-order valence-electron chi connectivity index (χ0n) is 14.1. The molecule has 1 heterocycles. The third-order valence-electron chi connectivity index (χ3n) is 5.54. The second-order valence-electron chi connectivity index (χ2n) is 7.27. The van der Waals surface area contributed by atoms with E-state index in [1.807, 2.05) is 0 Å². The van der Waals surface area contributed by atoms with E-state index in [0.717, 1.165) is 18.4 Å². The average Bonchev–Trinajstić information content (AvgIpc) is 2.59. The van der Waals surface area contributed by atoms with Crippen molar-refractivity contribution in [1.82, 2.24) is 15.1 Å². The van der Waals surface area contributed by atoms with Crippen LogP contribution in [0.1, 0.15) is 46.0 Å². The SMILES string of the molecule is CCNC(C1CCC(C)CC1)C1CN(C)CCCN1C. The van der Waals surface area contributed by atoms with Crippen LogP contribution in [-0.2, 0) is 0 Å². The Kier molecular flexibility index (Phi) is 6.31. The molecule has 0 spiro atoms. The van der Waals surface area contributed by atoms with Gasteiger partial charge in [-0.2, -0.15) is 0 Å². The van der Waals surface area contributed by atoms with Crippen LogP contribution >= 0.6 is 0 Å². The zero-order chi connectivity index (χ0) is 14.5. The van der Waals surface area contributed by atoms with Crippen molar-refractivity contribution in [3.05, 3.63) is 0 Å². The molecule has 0 bridgehead atoms. The Morgan fingerprint density at radius 3 is 2.45 bits per heavy atom. The smallest absolute Gasteiger partial charge is 0.0376 e. The van der Waals surface area contributed by atoms with Gasteiger partial charge in [-0.05, 0) is 64.8 Å². The molecule has 1 aliphatic carbocycles. The molecule has 1 N–H and O–H groups in total. The number of rotatable bonds is 4. The molecule has 0 radical (unpaired) electrons. The maximum absolute atomic E-state index is 3.85. The molecule has 1 aliphatic heterocycles. The molecule has 2 unspecified atom stereocenters. The molecule has 20 heavy (non-hydrogen) atoms. The lowest BCUT2D eigenvalue weighted by Crippen LogP contribution is -2.56. The Morgan fingerprint density at radius 1 is 1.10 bits per heavy atom. The predicted octanol–water partition coefficient (Wildman–Crippen LogP) is 2.43. The number of hydrogen-bond donors (Lipinski definition) is 1. The molecule has 0 aromatic carbocycles. The van der Waals surface area contributed by atoms with Crippen LogP contribution in [0.15, 0.2) is 0 Å².